The number of amides is 4. The Labute approximate surface area is 204 Å². The van der Waals surface area contributed by atoms with Crippen LogP contribution in [0.1, 0.15) is 40.0 Å². The fraction of sp³-hybridized carbons (Fsp3) is 0.318. The molecule has 2 N–H and O–H groups in total. The Morgan fingerprint density at radius 2 is 1.89 bits per heavy atom. The largest absolute Gasteiger partial charge is 0.446 e. The van der Waals surface area contributed by atoms with Crippen molar-refractivity contribution in [2.45, 2.75) is 48.3 Å². The van der Waals surface area contributed by atoms with E-state index in [1.165, 1.54) is 17.0 Å². The van der Waals surface area contributed by atoms with Crippen molar-refractivity contribution in [3.63, 3.8) is 0 Å². The Hall–Kier alpha value is -3.55. The summed E-state index contributed by atoms with van der Waals surface area (Å²) in [6.45, 7) is -0.249. The van der Waals surface area contributed by atoms with Crippen molar-refractivity contribution < 1.29 is 41.1 Å². The molecule has 14 heteroatoms. The van der Waals surface area contributed by atoms with Crippen molar-refractivity contribution in [3.05, 3.63) is 58.9 Å². The molecule has 4 rings (SSSR count). The first kappa shape index (κ1) is 25.5. The van der Waals surface area contributed by atoms with Crippen LogP contribution in [0.2, 0.25) is 0 Å². The molecule has 0 bridgehead atoms. The SMILES string of the molecule is O=C1CCC(N2Cc3cc(CNC(=O)C(F)(F)c4ccc(SC(F)(F)F)cn4)ccc3C2=O)C(=O)N1. The Morgan fingerprint density at radius 1 is 1.14 bits per heavy atom. The molecule has 1 atom stereocenters. The summed E-state index contributed by atoms with van der Waals surface area (Å²) in [5, 5.41) is 4.26. The van der Waals surface area contributed by atoms with Crippen LogP contribution in [0.5, 0.6) is 0 Å². The average Bonchev–Trinajstić information content (AvgIpc) is 3.12. The van der Waals surface area contributed by atoms with Crippen molar-refractivity contribution in [1.29, 1.82) is 0 Å². The molecule has 1 saturated heterocycles. The van der Waals surface area contributed by atoms with Crippen LogP contribution in [0.3, 0.4) is 0 Å². The van der Waals surface area contributed by atoms with Crippen LogP contribution in [-0.2, 0) is 33.4 Å². The van der Waals surface area contributed by atoms with Crippen molar-refractivity contribution in [2.24, 2.45) is 0 Å². The number of imide groups is 1. The predicted molar refractivity (Wildman–Crippen MR) is 114 cm³/mol. The zero-order valence-electron chi connectivity index (χ0n) is 18.2. The van der Waals surface area contributed by atoms with Gasteiger partial charge in [0.15, 0.2) is 0 Å². The van der Waals surface area contributed by atoms with Gasteiger partial charge in [-0.25, -0.2) is 0 Å². The highest BCUT2D eigenvalue weighted by Crippen LogP contribution is 2.37. The minimum atomic E-state index is -4.61. The minimum absolute atomic E-state index is 0.0740. The van der Waals surface area contributed by atoms with Crippen molar-refractivity contribution in [2.75, 3.05) is 0 Å². The monoisotopic (exact) mass is 528 g/mol. The Balaban J connectivity index is 1.39. The summed E-state index contributed by atoms with van der Waals surface area (Å²) in [5.74, 6) is -7.19. The molecule has 3 heterocycles. The molecule has 2 aliphatic rings. The first-order valence-corrected chi connectivity index (χ1v) is 11.3. The number of nitrogens with zero attached hydrogens (tertiary/aromatic N) is 2. The second-order valence-corrected chi connectivity index (χ2v) is 9.21. The molecule has 1 unspecified atom stereocenters. The Kier molecular flexibility index (Phi) is 6.73. The van der Waals surface area contributed by atoms with Crippen molar-refractivity contribution >= 4 is 35.4 Å². The smallest absolute Gasteiger partial charge is 0.346 e. The number of aromatic nitrogens is 1. The van der Waals surface area contributed by atoms with Gasteiger partial charge >= 0.3 is 11.4 Å². The molecule has 1 aromatic heterocycles. The minimum Gasteiger partial charge on any atom is -0.346 e. The molecule has 36 heavy (non-hydrogen) atoms. The van der Waals surface area contributed by atoms with E-state index in [1.54, 1.807) is 6.07 Å². The number of benzene rings is 1. The highest BCUT2D eigenvalue weighted by molar-refractivity contribution is 8.00. The van der Waals surface area contributed by atoms with Crippen molar-refractivity contribution in [3.8, 4) is 0 Å². The highest BCUT2D eigenvalue weighted by atomic mass is 32.2. The maximum absolute atomic E-state index is 14.5. The normalized spacial score (nSPS) is 18.2. The molecule has 2 aliphatic heterocycles. The fourth-order valence-corrected chi connectivity index (χ4v) is 4.42. The standard InChI is InChI=1S/C22H17F5N4O4S/c23-21(24,16-5-2-13(9-28-16)36-22(25,26)27)20(35)29-8-11-1-3-14-12(7-11)10-31(19(14)34)15-4-6-17(32)30-18(15)33/h1-3,5,7,9,15H,4,6,8,10H2,(H,29,35)(H,30,32,33). The first-order chi connectivity index (χ1) is 16.8. The van der Waals surface area contributed by atoms with Crippen LogP contribution < -0.4 is 10.6 Å². The van der Waals surface area contributed by atoms with Gasteiger partial charge in [-0.3, -0.25) is 29.5 Å². The number of pyridine rings is 1. The average molecular weight is 528 g/mol. The van der Waals surface area contributed by atoms with Gasteiger partial charge in [0, 0.05) is 36.2 Å². The summed E-state index contributed by atoms with van der Waals surface area (Å²) in [5.41, 5.74) is -4.36. The van der Waals surface area contributed by atoms with E-state index in [4.69, 9.17) is 0 Å². The zero-order valence-corrected chi connectivity index (χ0v) is 19.0. The van der Waals surface area contributed by atoms with Crippen molar-refractivity contribution in [1.82, 2.24) is 20.5 Å². The van der Waals surface area contributed by atoms with E-state index < -0.39 is 63.5 Å². The molecule has 4 amide bonds. The number of hydrogen-bond acceptors (Lipinski definition) is 6. The molecule has 0 aliphatic carbocycles. The number of alkyl halides is 5. The molecule has 2 aromatic rings. The second-order valence-electron chi connectivity index (χ2n) is 8.08. The lowest BCUT2D eigenvalue weighted by Gasteiger charge is -2.29. The van der Waals surface area contributed by atoms with Crippen LogP contribution in [0, 0.1) is 0 Å². The number of hydrogen-bond donors (Lipinski definition) is 2. The number of fused-ring (bicyclic) bond motifs is 1. The number of nitrogens with one attached hydrogen (secondary N) is 2. The summed E-state index contributed by atoms with van der Waals surface area (Å²) in [4.78, 5) is 52.6. The second kappa shape index (κ2) is 9.48. The lowest BCUT2D eigenvalue weighted by Crippen LogP contribution is -2.52. The number of thioether (sulfide) groups is 1. The van der Waals surface area contributed by atoms with Crippen LogP contribution in [-0.4, -0.2) is 45.1 Å². The number of piperidine rings is 1. The molecule has 1 aromatic carbocycles. The van der Waals surface area contributed by atoms with E-state index >= 15 is 0 Å². The van der Waals surface area contributed by atoms with Gasteiger partial charge < -0.3 is 10.2 Å². The number of halogens is 5. The molecule has 190 valence electrons. The molecule has 1 fully saturated rings. The Morgan fingerprint density at radius 3 is 2.53 bits per heavy atom. The molecule has 0 radical (unpaired) electrons. The lowest BCUT2D eigenvalue weighted by molar-refractivity contribution is -0.147. The zero-order chi connectivity index (χ0) is 26.3. The van der Waals surface area contributed by atoms with Gasteiger partial charge in [-0.2, -0.15) is 22.0 Å². The van der Waals surface area contributed by atoms with E-state index in [2.05, 4.69) is 15.6 Å². The summed E-state index contributed by atoms with van der Waals surface area (Å²) in [7, 11) is 0. The summed E-state index contributed by atoms with van der Waals surface area (Å²) < 4.78 is 66.2. The quantitative estimate of drug-likeness (QED) is 0.339. The molecule has 8 nitrogen and oxygen atoms in total. The van der Waals surface area contributed by atoms with Crippen LogP contribution >= 0.6 is 11.8 Å². The van der Waals surface area contributed by atoms with Gasteiger partial charge in [0.25, 0.3) is 11.8 Å². The van der Waals surface area contributed by atoms with Gasteiger partial charge in [0.05, 0.1) is 0 Å². The number of rotatable bonds is 6. The van der Waals surface area contributed by atoms with Gasteiger partial charge in [-0.05, 0) is 47.5 Å². The highest BCUT2D eigenvalue weighted by Gasteiger charge is 2.43. The van der Waals surface area contributed by atoms with Gasteiger partial charge in [-0.15, -0.1) is 0 Å². The topological polar surface area (TPSA) is 108 Å². The van der Waals surface area contributed by atoms with Crippen LogP contribution in [0.15, 0.2) is 41.4 Å². The van der Waals surface area contributed by atoms with E-state index in [0.717, 1.165) is 6.07 Å². The molecular weight excluding hydrogens is 511 g/mol. The molecule has 0 spiro atoms. The van der Waals surface area contributed by atoms with E-state index in [-0.39, 0.29) is 25.9 Å². The van der Waals surface area contributed by atoms with Crippen LogP contribution in [0.4, 0.5) is 22.0 Å². The number of carbonyl (C=O) groups excluding carboxylic acids is 4. The third-order valence-corrected chi connectivity index (χ3v) is 6.33. The summed E-state index contributed by atoms with van der Waals surface area (Å²) in [6.07, 6.45) is 0.896. The van der Waals surface area contributed by atoms with E-state index in [9.17, 15) is 41.1 Å². The van der Waals surface area contributed by atoms with Crippen LogP contribution in [0.25, 0.3) is 0 Å². The predicted octanol–water partition coefficient (Wildman–Crippen LogP) is 2.86. The summed E-state index contributed by atoms with van der Waals surface area (Å²) >= 11 is -0.517. The maximum Gasteiger partial charge on any atom is 0.446 e. The van der Waals surface area contributed by atoms with Gasteiger partial charge in [0.2, 0.25) is 11.8 Å². The Bertz CT molecular complexity index is 1240. The number of carbonyl (C=O) groups is 4. The summed E-state index contributed by atoms with van der Waals surface area (Å²) in [6, 6.07) is 5.11. The molecular formula is C22H17F5N4O4S. The maximum atomic E-state index is 14.5. The third-order valence-electron chi connectivity index (χ3n) is 5.62. The van der Waals surface area contributed by atoms with E-state index in [0.29, 0.717) is 29.0 Å². The van der Waals surface area contributed by atoms with E-state index in [1.807, 2.05) is 0 Å². The third kappa shape index (κ3) is 5.32. The van der Waals surface area contributed by atoms with Gasteiger partial charge in [0.1, 0.15) is 11.7 Å². The van der Waals surface area contributed by atoms with Gasteiger partial charge in [-0.1, -0.05) is 12.1 Å². The first-order valence-electron chi connectivity index (χ1n) is 10.5. The lowest BCUT2D eigenvalue weighted by atomic mass is 10.0. The molecule has 0 saturated carbocycles. The fourth-order valence-electron chi connectivity index (χ4n) is 3.91.